The molecule has 0 aromatic carbocycles. The monoisotopic (exact) mass is 223 g/mol. The van der Waals surface area contributed by atoms with Crippen LogP contribution in [0.15, 0.2) is 12.2 Å². The summed E-state index contributed by atoms with van der Waals surface area (Å²) in [7, 11) is 0. The van der Waals surface area contributed by atoms with Crippen LogP contribution < -0.4 is 5.32 Å². The van der Waals surface area contributed by atoms with Crippen molar-refractivity contribution >= 4 is 0 Å². The van der Waals surface area contributed by atoms with Crippen LogP contribution in [0.25, 0.3) is 0 Å². The molecule has 0 radical (unpaired) electrons. The maximum absolute atomic E-state index is 4.02. The fourth-order valence-electron chi connectivity index (χ4n) is 3.02. The van der Waals surface area contributed by atoms with Gasteiger partial charge in [-0.3, -0.25) is 0 Å². The number of hydrogen-bond donors (Lipinski definition) is 1. The van der Waals surface area contributed by atoms with E-state index in [-0.39, 0.29) is 0 Å². The van der Waals surface area contributed by atoms with Crippen LogP contribution in [0.1, 0.15) is 59.3 Å². The average Bonchev–Trinajstić information content (AvgIpc) is 2.72. The van der Waals surface area contributed by atoms with E-state index in [1.165, 1.54) is 44.1 Å². The van der Waals surface area contributed by atoms with Crippen molar-refractivity contribution in [2.45, 2.75) is 65.3 Å². The van der Waals surface area contributed by atoms with Crippen LogP contribution in [0.4, 0.5) is 0 Å². The lowest BCUT2D eigenvalue weighted by Crippen LogP contribution is -2.35. The summed E-state index contributed by atoms with van der Waals surface area (Å²) in [6.45, 7) is 11.8. The van der Waals surface area contributed by atoms with Gasteiger partial charge in [0, 0.05) is 6.04 Å². The quantitative estimate of drug-likeness (QED) is 0.639. The summed E-state index contributed by atoms with van der Waals surface area (Å²) in [6, 6.07) is 0.734. The third kappa shape index (κ3) is 4.29. The highest BCUT2D eigenvalue weighted by atomic mass is 14.9. The molecule has 16 heavy (non-hydrogen) atoms. The molecule has 1 saturated carbocycles. The Bertz CT molecular complexity index is 209. The molecular weight excluding hydrogens is 194 g/mol. The van der Waals surface area contributed by atoms with Crippen LogP contribution in [0, 0.1) is 11.8 Å². The molecule has 1 nitrogen and oxygen atoms in total. The highest BCUT2D eigenvalue weighted by molar-refractivity contribution is 4.92. The largest absolute Gasteiger partial charge is 0.314 e. The standard InChI is InChI=1S/C15H29N/c1-5-13-8-9-14(11-13)15(16-6-2)10-7-12(3)4/h13-16H,3,5-11H2,1-2,4H3. The van der Waals surface area contributed by atoms with E-state index in [0.717, 1.165) is 24.4 Å². The second-order valence-corrected chi connectivity index (χ2v) is 5.51. The van der Waals surface area contributed by atoms with Gasteiger partial charge in [0.05, 0.1) is 0 Å². The van der Waals surface area contributed by atoms with Gasteiger partial charge in [-0.2, -0.15) is 0 Å². The normalized spacial score (nSPS) is 26.9. The van der Waals surface area contributed by atoms with Gasteiger partial charge in [-0.05, 0) is 51.0 Å². The Balaban J connectivity index is 2.40. The Labute approximate surface area is 102 Å². The minimum absolute atomic E-state index is 0.734. The van der Waals surface area contributed by atoms with E-state index in [1.807, 2.05) is 0 Å². The number of hydrogen-bond acceptors (Lipinski definition) is 1. The van der Waals surface area contributed by atoms with Crippen LogP contribution in [-0.4, -0.2) is 12.6 Å². The molecule has 0 aliphatic heterocycles. The molecule has 1 rings (SSSR count). The summed E-state index contributed by atoms with van der Waals surface area (Å²) in [5.41, 5.74) is 1.33. The average molecular weight is 223 g/mol. The first kappa shape index (κ1) is 13.8. The molecule has 1 aliphatic rings. The summed E-state index contributed by atoms with van der Waals surface area (Å²) in [4.78, 5) is 0. The smallest absolute Gasteiger partial charge is 0.00983 e. The first-order chi connectivity index (χ1) is 7.67. The van der Waals surface area contributed by atoms with E-state index in [9.17, 15) is 0 Å². The molecule has 0 saturated heterocycles. The Morgan fingerprint density at radius 1 is 1.38 bits per heavy atom. The molecule has 0 aromatic rings. The molecule has 94 valence electrons. The van der Waals surface area contributed by atoms with E-state index >= 15 is 0 Å². The molecule has 1 heteroatoms. The fraction of sp³-hybridized carbons (Fsp3) is 0.867. The topological polar surface area (TPSA) is 12.0 Å². The van der Waals surface area contributed by atoms with Gasteiger partial charge < -0.3 is 5.32 Å². The SMILES string of the molecule is C=C(C)CCC(NCC)C1CCC(CC)C1. The molecule has 1 N–H and O–H groups in total. The van der Waals surface area contributed by atoms with Crippen molar-refractivity contribution in [1.29, 1.82) is 0 Å². The Morgan fingerprint density at radius 3 is 2.62 bits per heavy atom. The summed E-state index contributed by atoms with van der Waals surface area (Å²) in [5, 5.41) is 3.68. The zero-order valence-corrected chi connectivity index (χ0v) is 11.4. The molecule has 0 heterocycles. The van der Waals surface area contributed by atoms with Crippen LogP contribution in [-0.2, 0) is 0 Å². The second-order valence-electron chi connectivity index (χ2n) is 5.51. The van der Waals surface area contributed by atoms with Gasteiger partial charge in [0.15, 0.2) is 0 Å². The molecule has 0 spiro atoms. The maximum Gasteiger partial charge on any atom is 0.00983 e. The summed E-state index contributed by atoms with van der Waals surface area (Å²) < 4.78 is 0. The van der Waals surface area contributed by atoms with Gasteiger partial charge in [0.2, 0.25) is 0 Å². The predicted molar refractivity (Wildman–Crippen MR) is 72.6 cm³/mol. The van der Waals surface area contributed by atoms with Crippen LogP contribution >= 0.6 is 0 Å². The van der Waals surface area contributed by atoms with E-state index in [1.54, 1.807) is 0 Å². The summed E-state index contributed by atoms with van der Waals surface area (Å²) in [5.74, 6) is 1.92. The van der Waals surface area contributed by atoms with E-state index < -0.39 is 0 Å². The van der Waals surface area contributed by atoms with E-state index in [0.29, 0.717) is 0 Å². The predicted octanol–water partition coefficient (Wildman–Crippen LogP) is 4.15. The van der Waals surface area contributed by atoms with Gasteiger partial charge in [0.1, 0.15) is 0 Å². The molecular formula is C15H29N. The lowest BCUT2D eigenvalue weighted by Gasteiger charge is -2.24. The van der Waals surface area contributed by atoms with Crippen molar-refractivity contribution in [2.24, 2.45) is 11.8 Å². The van der Waals surface area contributed by atoms with Gasteiger partial charge in [-0.1, -0.05) is 32.3 Å². The van der Waals surface area contributed by atoms with Crippen molar-refractivity contribution in [3.05, 3.63) is 12.2 Å². The van der Waals surface area contributed by atoms with Gasteiger partial charge in [-0.25, -0.2) is 0 Å². The third-order valence-electron chi connectivity index (χ3n) is 4.08. The van der Waals surface area contributed by atoms with Crippen LogP contribution in [0.3, 0.4) is 0 Å². The molecule has 1 aliphatic carbocycles. The van der Waals surface area contributed by atoms with Crippen molar-refractivity contribution in [3.63, 3.8) is 0 Å². The first-order valence-electron chi connectivity index (χ1n) is 7.05. The van der Waals surface area contributed by atoms with Gasteiger partial charge in [-0.15, -0.1) is 6.58 Å². The first-order valence-corrected chi connectivity index (χ1v) is 7.05. The Kier molecular flexibility index (Phi) is 6.12. The van der Waals surface area contributed by atoms with Crippen molar-refractivity contribution in [2.75, 3.05) is 6.54 Å². The lowest BCUT2D eigenvalue weighted by atomic mass is 9.91. The van der Waals surface area contributed by atoms with Crippen LogP contribution in [0.2, 0.25) is 0 Å². The minimum atomic E-state index is 0.734. The van der Waals surface area contributed by atoms with Crippen molar-refractivity contribution in [3.8, 4) is 0 Å². The minimum Gasteiger partial charge on any atom is -0.314 e. The lowest BCUT2D eigenvalue weighted by molar-refractivity contribution is 0.334. The zero-order chi connectivity index (χ0) is 12.0. The number of rotatable bonds is 7. The maximum atomic E-state index is 4.02. The highest BCUT2D eigenvalue weighted by Gasteiger charge is 2.29. The molecule has 0 amide bonds. The Hall–Kier alpha value is -0.300. The zero-order valence-electron chi connectivity index (χ0n) is 11.4. The second kappa shape index (κ2) is 7.11. The van der Waals surface area contributed by atoms with Gasteiger partial charge in [0.25, 0.3) is 0 Å². The Morgan fingerprint density at radius 2 is 2.12 bits per heavy atom. The molecule has 0 aromatic heterocycles. The summed E-state index contributed by atoms with van der Waals surface area (Å²) >= 11 is 0. The molecule has 0 bridgehead atoms. The summed E-state index contributed by atoms with van der Waals surface area (Å²) in [6.07, 6.45) is 8.18. The molecule has 3 unspecified atom stereocenters. The molecule has 1 fully saturated rings. The van der Waals surface area contributed by atoms with Crippen molar-refractivity contribution < 1.29 is 0 Å². The molecule has 3 atom stereocenters. The fourth-order valence-corrected chi connectivity index (χ4v) is 3.02. The van der Waals surface area contributed by atoms with Crippen molar-refractivity contribution in [1.82, 2.24) is 5.32 Å². The number of allylic oxidation sites excluding steroid dienone is 1. The van der Waals surface area contributed by atoms with Gasteiger partial charge >= 0.3 is 0 Å². The van der Waals surface area contributed by atoms with Crippen LogP contribution in [0.5, 0.6) is 0 Å². The van der Waals surface area contributed by atoms with E-state index in [2.05, 4.69) is 32.7 Å². The number of nitrogens with one attached hydrogen (secondary N) is 1. The van der Waals surface area contributed by atoms with E-state index in [4.69, 9.17) is 0 Å². The highest BCUT2D eigenvalue weighted by Crippen LogP contribution is 2.36. The third-order valence-corrected chi connectivity index (χ3v) is 4.08.